The van der Waals surface area contributed by atoms with Crippen LogP contribution in [0.5, 0.6) is 11.5 Å². The Labute approximate surface area is 134 Å². The SMILES string of the molecule is Cc1sc2nc(Cl)nc(Cl)c2c1-c1ccc2c(c1)OCO2. The van der Waals surface area contributed by atoms with E-state index >= 15 is 0 Å². The summed E-state index contributed by atoms with van der Waals surface area (Å²) in [4.78, 5) is 10.2. The third-order valence-corrected chi connectivity index (χ3v) is 4.76. The first-order chi connectivity index (χ1) is 10.1. The molecule has 0 aliphatic carbocycles. The summed E-state index contributed by atoms with van der Waals surface area (Å²) < 4.78 is 10.8. The van der Waals surface area contributed by atoms with Crippen molar-refractivity contribution in [3.63, 3.8) is 0 Å². The Morgan fingerprint density at radius 2 is 1.95 bits per heavy atom. The molecule has 21 heavy (non-hydrogen) atoms. The minimum Gasteiger partial charge on any atom is -0.454 e. The number of ether oxygens (including phenoxy) is 2. The number of hydrogen-bond acceptors (Lipinski definition) is 5. The lowest BCUT2D eigenvalue weighted by atomic mass is 10.0. The summed E-state index contributed by atoms with van der Waals surface area (Å²) in [6.07, 6.45) is 0. The zero-order valence-corrected chi connectivity index (χ0v) is 13.1. The summed E-state index contributed by atoms with van der Waals surface area (Å²) >= 11 is 13.7. The molecule has 0 saturated heterocycles. The zero-order chi connectivity index (χ0) is 14.6. The minimum atomic E-state index is 0.158. The zero-order valence-electron chi connectivity index (χ0n) is 10.8. The quantitative estimate of drug-likeness (QED) is 0.476. The Balaban J connectivity index is 2.00. The molecule has 1 aliphatic rings. The summed E-state index contributed by atoms with van der Waals surface area (Å²) in [5.74, 6) is 1.48. The molecule has 1 aliphatic heterocycles. The van der Waals surface area contributed by atoms with Crippen LogP contribution in [0.3, 0.4) is 0 Å². The van der Waals surface area contributed by atoms with E-state index in [2.05, 4.69) is 9.97 Å². The summed E-state index contributed by atoms with van der Waals surface area (Å²) in [6, 6.07) is 5.82. The van der Waals surface area contributed by atoms with Crippen molar-refractivity contribution in [2.24, 2.45) is 0 Å². The van der Waals surface area contributed by atoms with E-state index in [0.717, 1.165) is 37.7 Å². The van der Waals surface area contributed by atoms with E-state index in [4.69, 9.17) is 32.7 Å². The predicted molar refractivity (Wildman–Crippen MR) is 83.7 cm³/mol. The van der Waals surface area contributed by atoms with Gasteiger partial charge < -0.3 is 9.47 Å². The maximum atomic E-state index is 6.26. The number of benzene rings is 1. The van der Waals surface area contributed by atoms with Crippen LogP contribution in [-0.2, 0) is 0 Å². The molecule has 7 heteroatoms. The van der Waals surface area contributed by atoms with Gasteiger partial charge in [-0.1, -0.05) is 17.7 Å². The van der Waals surface area contributed by atoms with Gasteiger partial charge in [0.15, 0.2) is 11.5 Å². The van der Waals surface area contributed by atoms with E-state index in [1.54, 1.807) is 11.3 Å². The van der Waals surface area contributed by atoms with E-state index in [0.29, 0.717) is 5.15 Å². The molecule has 0 bridgehead atoms. The van der Waals surface area contributed by atoms with Crippen molar-refractivity contribution in [2.75, 3.05) is 6.79 Å². The lowest BCUT2D eigenvalue weighted by Crippen LogP contribution is -1.92. The predicted octanol–water partition coefficient (Wildman–Crippen LogP) is 4.70. The maximum Gasteiger partial charge on any atom is 0.231 e. The summed E-state index contributed by atoms with van der Waals surface area (Å²) in [7, 11) is 0. The molecule has 3 heterocycles. The number of aromatic nitrogens is 2. The molecular weight excluding hydrogens is 331 g/mol. The van der Waals surface area contributed by atoms with Gasteiger partial charge in [0, 0.05) is 10.4 Å². The van der Waals surface area contributed by atoms with E-state index in [-0.39, 0.29) is 12.1 Å². The van der Waals surface area contributed by atoms with Crippen molar-refractivity contribution in [3.8, 4) is 22.6 Å². The normalized spacial score (nSPS) is 13.1. The van der Waals surface area contributed by atoms with Crippen LogP contribution in [0.2, 0.25) is 10.4 Å². The van der Waals surface area contributed by atoms with Gasteiger partial charge in [0.05, 0.1) is 5.39 Å². The molecule has 0 spiro atoms. The van der Waals surface area contributed by atoms with Crippen molar-refractivity contribution in [1.82, 2.24) is 9.97 Å². The van der Waals surface area contributed by atoms with Crippen molar-refractivity contribution >= 4 is 44.8 Å². The fraction of sp³-hybridized carbons (Fsp3) is 0.143. The molecule has 0 radical (unpaired) electrons. The molecular formula is C14H8Cl2N2O2S. The van der Waals surface area contributed by atoms with Crippen molar-refractivity contribution in [3.05, 3.63) is 33.5 Å². The van der Waals surface area contributed by atoms with Crippen molar-refractivity contribution in [2.45, 2.75) is 6.92 Å². The molecule has 0 saturated carbocycles. The molecule has 0 fully saturated rings. The Hall–Kier alpha value is -1.56. The molecule has 3 aromatic rings. The Morgan fingerprint density at radius 1 is 1.14 bits per heavy atom. The highest BCUT2D eigenvalue weighted by Gasteiger charge is 2.20. The lowest BCUT2D eigenvalue weighted by molar-refractivity contribution is 0.174. The third kappa shape index (κ3) is 2.04. The molecule has 0 amide bonds. The fourth-order valence-electron chi connectivity index (χ4n) is 2.45. The molecule has 4 nitrogen and oxygen atoms in total. The van der Waals surface area contributed by atoms with Crippen LogP contribution in [0.4, 0.5) is 0 Å². The highest BCUT2D eigenvalue weighted by molar-refractivity contribution is 7.19. The van der Waals surface area contributed by atoms with Crippen LogP contribution in [0.15, 0.2) is 18.2 Å². The second-order valence-electron chi connectivity index (χ2n) is 4.56. The highest BCUT2D eigenvalue weighted by Crippen LogP contribution is 2.43. The molecule has 0 N–H and O–H groups in total. The second kappa shape index (κ2) is 4.73. The van der Waals surface area contributed by atoms with Crippen LogP contribution in [-0.4, -0.2) is 16.8 Å². The van der Waals surface area contributed by atoms with E-state index in [1.807, 2.05) is 25.1 Å². The number of nitrogens with zero attached hydrogens (tertiary/aromatic N) is 2. The van der Waals surface area contributed by atoms with Gasteiger partial charge in [-0.25, -0.2) is 9.97 Å². The summed E-state index contributed by atoms with van der Waals surface area (Å²) in [5, 5.41) is 1.34. The molecule has 4 rings (SSSR count). The number of aryl methyl sites for hydroxylation is 1. The molecule has 2 aromatic heterocycles. The lowest BCUT2D eigenvalue weighted by Gasteiger charge is -2.04. The van der Waals surface area contributed by atoms with Gasteiger partial charge in [-0.2, -0.15) is 0 Å². The first kappa shape index (κ1) is 13.1. The van der Waals surface area contributed by atoms with Crippen molar-refractivity contribution in [1.29, 1.82) is 0 Å². The molecule has 0 unspecified atom stereocenters. The topological polar surface area (TPSA) is 44.2 Å². The Kier molecular flexibility index (Phi) is 2.96. The molecule has 0 atom stereocenters. The maximum absolute atomic E-state index is 6.26. The highest BCUT2D eigenvalue weighted by atomic mass is 35.5. The number of thiophene rings is 1. The number of hydrogen-bond donors (Lipinski definition) is 0. The Morgan fingerprint density at radius 3 is 2.81 bits per heavy atom. The standard InChI is InChI=1S/C14H8Cl2N2O2S/c1-6-10(7-2-3-8-9(4-7)20-5-19-8)11-12(15)17-14(16)18-13(11)21-6/h2-4H,5H2,1H3. The van der Waals surface area contributed by atoms with E-state index < -0.39 is 0 Å². The summed E-state index contributed by atoms with van der Waals surface area (Å²) in [6.45, 7) is 2.28. The Bertz CT molecular complexity index is 879. The van der Waals surface area contributed by atoms with Gasteiger partial charge in [-0.15, -0.1) is 11.3 Å². The summed E-state index contributed by atoms with van der Waals surface area (Å²) in [5.41, 5.74) is 2.01. The average Bonchev–Trinajstić information content (AvgIpc) is 3.01. The fourth-order valence-corrected chi connectivity index (χ4v) is 4.07. The van der Waals surface area contributed by atoms with Gasteiger partial charge in [-0.05, 0) is 36.2 Å². The number of halogens is 2. The van der Waals surface area contributed by atoms with Gasteiger partial charge >= 0.3 is 0 Å². The van der Waals surface area contributed by atoms with Gasteiger partial charge in [0.25, 0.3) is 0 Å². The van der Waals surface area contributed by atoms with Crippen LogP contribution >= 0.6 is 34.5 Å². The largest absolute Gasteiger partial charge is 0.454 e. The van der Waals surface area contributed by atoms with Gasteiger partial charge in [0.1, 0.15) is 9.98 Å². The molecule has 106 valence electrons. The first-order valence-corrected chi connectivity index (χ1v) is 7.73. The monoisotopic (exact) mass is 338 g/mol. The minimum absolute atomic E-state index is 0.158. The molecule has 1 aromatic carbocycles. The van der Waals surface area contributed by atoms with Crippen molar-refractivity contribution < 1.29 is 9.47 Å². The smallest absolute Gasteiger partial charge is 0.231 e. The van der Waals surface area contributed by atoms with Gasteiger partial charge in [-0.3, -0.25) is 0 Å². The van der Waals surface area contributed by atoms with Crippen LogP contribution in [0.25, 0.3) is 21.3 Å². The van der Waals surface area contributed by atoms with Crippen LogP contribution in [0, 0.1) is 6.92 Å². The average molecular weight is 339 g/mol. The van der Waals surface area contributed by atoms with Crippen LogP contribution < -0.4 is 9.47 Å². The number of rotatable bonds is 1. The van der Waals surface area contributed by atoms with Gasteiger partial charge in [0.2, 0.25) is 12.1 Å². The first-order valence-electron chi connectivity index (χ1n) is 6.15. The number of fused-ring (bicyclic) bond motifs is 2. The van der Waals surface area contributed by atoms with Crippen LogP contribution in [0.1, 0.15) is 4.88 Å². The second-order valence-corrected chi connectivity index (χ2v) is 6.46. The third-order valence-electron chi connectivity index (χ3n) is 3.32. The van der Waals surface area contributed by atoms with E-state index in [9.17, 15) is 0 Å². The van der Waals surface area contributed by atoms with E-state index in [1.165, 1.54) is 0 Å².